The predicted octanol–water partition coefficient (Wildman–Crippen LogP) is 6.43. The van der Waals surface area contributed by atoms with Gasteiger partial charge in [0, 0.05) is 0 Å². The maximum absolute atomic E-state index is 12.3. The van der Waals surface area contributed by atoms with Crippen molar-refractivity contribution in [2.75, 3.05) is 0 Å². The predicted molar refractivity (Wildman–Crippen MR) is 94.1 cm³/mol. The van der Waals surface area contributed by atoms with E-state index in [1.807, 2.05) is 0 Å². The highest BCUT2D eigenvalue weighted by Gasteiger charge is 2.77. The van der Waals surface area contributed by atoms with E-state index in [9.17, 15) is 9.90 Å². The first-order valence-corrected chi connectivity index (χ1v) is 9.80. The lowest BCUT2D eigenvalue weighted by Gasteiger charge is -2.23. The molecule has 1 aliphatic rings. The second-order valence-electron chi connectivity index (χ2n) is 7.44. The van der Waals surface area contributed by atoms with Crippen molar-refractivity contribution in [1.29, 1.82) is 0 Å². The number of rotatable bonds is 13. The summed E-state index contributed by atoms with van der Waals surface area (Å²) in [6, 6.07) is 0. The Bertz CT molecular complexity index is 329. The molecule has 1 fully saturated rings. The van der Waals surface area contributed by atoms with Crippen LogP contribution in [0.1, 0.15) is 105 Å². The summed E-state index contributed by atoms with van der Waals surface area (Å²) in [6.07, 6.45) is 13.6. The minimum atomic E-state index is -0.491. The fraction of sp³-hybridized carbons (Fsp3) is 0.950. The van der Waals surface area contributed by atoms with E-state index in [1.54, 1.807) is 0 Å². The SMILES string of the molecule is CCCCC1C(CCCC)(CCCC)C1(CCCC)C(=O)O. The van der Waals surface area contributed by atoms with Crippen LogP contribution in [0, 0.1) is 16.7 Å². The van der Waals surface area contributed by atoms with Crippen LogP contribution in [-0.4, -0.2) is 11.1 Å². The molecule has 22 heavy (non-hydrogen) atoms. The normalized spacial score (nSPS) is 26.1. The smallest absolute Gasteiger partial charge is 0.310 e. The third-order valence-electron chi connectivity index (χ3n) is 6.17. The standard InChI is InChI=1S/C20H38O2/c1-5-9-13-17-19(14-10-6-2,15-11-7-3)20(17,18(21)22)16-12-8-4/h17H,5-16H2,1-4H3,(H,21,22). The maximum atomic E-state index is 12.3. The molecule has 2 heteroatoms. The number of hydrogen-bond donors (Lipinski definition) is 1. The number of aliphatic carboxylic acids is 1. The molecule has 130 valence electrons. The molecule has 2 nitrogen and oxygen atoms in total. The third kappa shape index (κ3) is 3.51. The van der Waals surface area contributed by atoms with Gasteiger partial charge in [0.1, 0.15) is 0 Å². The Kier molecular flexibility index (Phi) is 7.93. The first-order valence-electron chi connectivity index (χ1n) is 9.80. The molecule has 0 amide bonds. The summed E-state index contributed by atoms with van der Waals surface area (Å²) in [5.41, 5.74) is -0.294. The van der Waals surface area contributed by atoms with Crippen molar-refractivity contribution in [2.45, 2.75) is 105 Å². The average molecular weight is 311 g/mol. The lowest BCUT2D eigenvalue weighted by molar-refractivity contribution is -0.146. The number of unbranched alkanes of at least 4 members (excludes halogenated alkanes) is 4. The van der Waals surface area contributed by atoms with Crippen LogP contribution in [0.25, 0.3) is 0 Å². The van der Waals surface area contributed by atoms with Gasteiger partial charge in [-0.15, -0.1) is 0 Å². The van der Waals surface area contributed by atoms with Crippen LogP contribution in [0.4, 0.5) is 0 Å². The molecule has 0 saturated heterocycles. The largest absolute Gasteiger partial charge is 0.481 e. The Hall–Kier alpha value is -0.530. The van der Waals surface area contributed by atoms with Crippen molar-refractivity contribution in [3.8, 4) is 0 Å². The molecule has 0 aromatic rings. The molecule has 0 aromatic heterocycles. The van der Waals surface area contributed by atoms with Crippen LogP contribution >= 0.6 is 0 Å². The Morgan fingerprint density at radius 2 is 1.27 bits per heavy atom. The van der Waals surface area contributed by atoms with Crippen molar-refractivity contribution in [2.24, 2.45) is 16.7 Å². The van der Waals surface area contributed by atoms with Crippen LogP contribution in [0.5, 0.6) is 0 Å². The molecule has 0 bridgehead atoms. The quantitative estimate of drug-likeness (QED) is 0.425. The van der Waals surface area contributed by atoms with Gasteiger partial charge in [0.05, 0.1) is 5.41 Å². The van der Waals surface area contributed by atoms with E-state index in [0.717, 1.165) is 38.5 Å². The topological polar surface area (TPSA) is 37.3 Å². The zero-order valence-electron chi connectivity index (χ0n) is 15.4. The minimum Gasteiger partial charge on any atom is -0.481 e. The first kappa shape index (κ1) is 19.5. The van der Waals surface area contributed by atoms with Gasteiger partial charge in [-0.05, 0) is 37.0 Å². The van der Waals surface area contributed by atoms with Crippen molar-refractivity contribution >= 4 is 5.97 Å². The van der Waals surface area contributed by atoms with Gasteiger partial charge in [-0.3, -0.25) is 4.79 Å². The van der Waals surface area contributed by atoms with Crippen LogP contribution < -0.4 is 0 Å². The molecule has 1 rings (SSSR count). The van der Waals surface area contributed by atoms with Crippen molar-refractivity contribution < 1.29 is 9.90 Å². The van der Waals surface area contributed by atoms with Crippen LogP contribution in [0.2, 0.25) is 0 Å². The molecule has 2 atom stereocenters. The molecule has 1 saturated carbocycles. The molecule has 2 unspecified atom stereocenters. The van der Waals surface area contributed by atoms with E-state index in [1.165, 1.54) is 38.5 Å². The van der Waals surface area contributed by atoms with E-state index in [2.05, 4.69) is 27.7 Å². The van der Waals surface area contributed by atoms with Gasteiger partial charge < -0.3 is 5.11 Å². The Labute approximate surface area is 138 Å². The average Bonchev–Trinajstić information content (AvgIpc) is 3.08. The number of carboxylic acid groups (broad SMARTS) is 1. The second-order valence-corrected chi connectivity index (χ2v) is 7.44. The van der Waals surface area contributed by atoms with Gasteiger partial charge in [-0.1, -0.05) is 79.1 Å². The fourth-order valence-corrected chi connectivity index (χ4v) is 4.94. The third-order valence-corrected chi connectivity index (χ3v) is 6.17. The lowest BCUT2D eigenvalue weighted by Crippen LogP contribution is -2.24. The summed E-state index contributed by atoms with van der Waals surface area (Å²) in [7, 11) is 0. The van der Waals surface area contributed by atoms with Crippen LogP contribution in [0.3, 0.4) is 0 Å². The van der Waals surface area contributed by atoms with E-state index < -0.39 is 11.4 Å². The highest BCUT2D eigenvalue weighted by Crippen LogP contribution is 2.77. The Morgan fingerprint density at radius 3 is 1.68 bits per heavy atom. The summed E-state index contributed by atoms with van der Waals surface area (Å²) in [4.78, 5) is 12.3. The van der Waals surface area contributed by atoms with Crippen molar-refractivity contribution in [3.05, 3.63) is 0 Å². The maximum Gasteiger partial charge on any atom is 0.310 e. The summed E-state index contributed by atoms with van der Waals surface area (Å²) in [6.45, 7) is 8.85. The minimum absolute atomic E-state index is 0.106. The molecule has 0 radical (unpaired) electrons. The molecular formula is C20H38O2. The number of hydrogen-bond acceptors (Lipinski definition) is 1. The van der Waals surface area contributed by atoms with Crippen LogP contribution in [-0.2, 0) is 4.79 Å². The monoisotopic (exact) mass is 310 g/mol. The first-order chi connectivity index (χ1) is 10.6. The molecule has 0 spiro atoms. The molecule has 0 aromatic carbocycles. The highest BCUT2D eigenvalue weighted by atomic mass is 16.4. The Balaban J connectivity index is 3.05. The number of carbonyl (C=O) groups is 1. The molecular weight excluding hydrogens is 272 g/mol. The lowest BCUT2D eigenvalue weighted by atomic mass is 9.81. The molecule has 1 N–H and O–H groups in total. The van der Waals surface area contributed by atoms with Gasteiger partial charge in [0.25, 0.3) is 0 Å². The second kappa shape index (κ2) is 8.93. The van der Waals surface area contributed by atoms with Crippen molar-refractivity contribution in [1.82, 2.24) is 0 Å². The van der Waals surface area contributed by atoms with Crippen molar-refractivity contribution in [3.63, 3.8) is 0 Å². The van der Waals surface area contributed by atoms with Crippen LogP contribution in [0.15, 0.2) is 0 Å². The summed E-state index contributed by atoms with van der Waals surface area (Å²) >= 11 is 0. The van der Waals surface area contributed by atoms with Gasteiger partial charge in [0.15, 0.2) is 0 Å². The zero-order chi connectivity index (χ0) is 16.6. The molecule has 1 aliphatic carbocycles. The van der Waals surface area contributed by atoms with Gasteiger partial charge >= 0.3 is 5.97 Å². The van der Waals surface area contributed by atoms with E-state index in [4.69, 9.17) is 0 Å². The molecule has 0 aliphatic heterocycles. The zero-order valence-corrected chi connectivity index (χ0v) is 15.4. The number of carboxylic acids is 1. The van der Waals surface area contributed by atoms with Gasteiger partial charge in [-0.25, -0.2) is 0 Å². The highest BCUT2D eigenvalue weighted by molar-refractivity contribution is 5.81. The fourth-order valence-electron chi connectivity index (χ4n) is 4.94. The van der Waals surface area contributed by atoms with Gasteiger partial charge in [-0.2, -0.15) is 0 Å². The Morgan fingerprint density at radius 1 is 0.818 bits per heavy atom. The van der Waals surface area contributed by atoms with Gasteiger partial charge in [0.2, 0.25) is 0 Å². The van der Waals surface area contributed by atoms with E-state index in [0.29, 0.717) is 5.92 Å². The van der Waals surface area contributed by atoms with E-state index in [-0.39, 0.29) is 5.41 Å². The summed E-state index contributed by atoms with van der Waals surface area (Å²) in [5, 5.41) is 10.1. The summed E-state index contributed by atoms with van der Waals surface area (Å²) in [5.74, 6) is -0.0589. The summed E-state index contributed by atoms with van der Waals surface area (Å²) < 4.78 is 0. The molecule has 0 heterocycles. The van der Waals surface area contributed by atoms with E-state index >= 15 is 0 Å².